The first-order valence-corrected chi connectivity index (χ1v) is 5.65. The molecule has 0 bridgehead atoms. The van der Waals surface area contributed by atoms with Gasteiger partial charge in [-0.3, -0.25) is 4.89 Å². The zero-order valence-electron chi connectivity index (χ0n) is 10.1. The highest BCUT2D eigenvalue weighted by molar-refractivity contribution is 5.71. The van der Waals surface area contributed by atoms with E-state index >= 15 is 0 Å². The van der Waals surface area contributed by atoms with Crippen molar-refractivity contribution in [3.63, 3.8) is 0 Å². The lowest BCUT2D eigenvalue weighted by Gasteiger charge is -2.12. The summed E-state index contributed by atoms with van der Waals surface area (Å²) in [7, 11) is 0. The standard InChI is InChI=1S/C11H22O4/c1-5-7-8-10(6-2)11(12)14-15-13-9(3)4/h9-10H,5-8H2,1-4H3. The highest BCUT2D eigenvalue weighted by atomic mass is 17.5. The van der Waals surface area contributed by atoms with Gasteiger partial charge in [-0.05, 0) is 31.7 Å². The minimum atomic E-state index is -0.341. The monoisotopic (exact) mass is 218 g/mol. The largest absolute Gasteiger partial charge is 0.348 e. The van der Waals surface area contributed by atoms with E-state index in [-0.39, 0.29) is 18.0 Å². The summed E-state index contributed by atoms with van der Waals surface area (Å²) in [5.74, 6) is -0.424. The Hall–Kier alpha value is -0.610. The Kier molecular flexibility index (Phi) is 8.33. The highest BCUT2D eigenvalue weighted by Gasteiger charge is 2.18. The van der Waals surface area contributed by atoms with Gasteiger partial charge in [0.15, 0.2) is 0 Å². The molecule has 0 N–H and O–H groups in total. The zero-order valence-corrected chi connectivity index (χ0v) is 10.1. The first kappa shape index (κ1) is 14.4. The van der Waals surface area contributed by atoms with E-state index in [1.807, 2.05) is 6.92 Å². The lowest BCUT2D eigenvalue weighted by atomic mass is 10.00. The van der Waals surface area contributed by atoms with E-state index in [4.69, 9.17) is 0 Å². The number of hydrogen-bond donors (Lipinski definition) is 0. The summed E-state index contributed by atoms with van der Waals surface area (Å²) in [6.45, 7) is 7.64. The van der Waals surface area contributed by atoms with E-state index in [2.05, 4.69) is 21.7 Å². The van der Waals surface area contributed by atoms with Crippen LogP contribution >= 0.6 is 0 Å². The molecule has 0 saturated carbocycles. The molecular formula is C11H22O4. The lowest BCUT2D eigenvalue weighted by Crippen LogP contribution is -2.18. The average molecular weight is 218 g/mol. The van der Waals surface area contributed by atoms with E-state index in [1.165, 1.54) is 0 Å². The van der Waals surface area contributed by atoms with Crippen LogP contribution in [0.15, 0.2) is 0 Å². The summed E-state index contributed by atoms with van der Waals surface area (Å²) < 4.78 is 0. The Bertz CT molecular complexity index is 168. The second kappa shape index (κ2) is 8.68. The number of carbonyl (C=O) groups excluding carboxylic acids is 1. The Labute approximate surface area is 91.7 Å². The molecule has 0 aromatic heterocycles. The maximum atomic E-state index is 11.4. The Morgan fingerprint density at radius 3 is 2.40 bits per heavy atom. The molecule has 90 valence electrons. The Balaban J connectivity index is 3.73. The SMILES string of the molecule is CCCCC(CC)C(=O)OOOC(C)C. The molecule has 0 aliphatic carbocycles. The van der Waals surface area contributed by atoms with Crippen LogP contribution in [0.1, 0.15) is 53.4 Å². The summed E-state index contributed by atoms with van der Waals surface area (Å²) in [6.07, 6.45) is 3.60. The molecule has 0 saturated heterocycles. The topological polar surface area (TPSA) is 44.8 Å². The molecule has 1 atom stereocenters. The summed E-state index contributed by atoms with van der Waals surface area (Å²) in [5, 5.41) is 4.37. The van der Waals surface area contributed by atoms with Gasteiger partial charge < -0.3 is 0 Å². The number of unbranched alkanes of at least 4 members (excludes halogenated alkanes) is 1. The van der Waals surface area contributed by atoms with Gasteiger partial charge >= 0.3 is 5.97 Å². The Morgan fingerprint density at radius 2 is 1.93 bits per heavy atom. The predicted octanol–water partition coefficient (Wildman–Crippen LogP) is 3.02. The first-order valence-electron chi connectivity index (χ1n) is 5.65. The summed E-state index contributed by atoms with van der Waals surface area (Å²) in [6, 6.07) is 0. The zero-order chi connectivity index (χ0) is 11.7. The van der Waals surface area contributed by atoms with Crippen LogP contribution in [0.3, 0.4) is 0 Å². The number of carbonyl (C=O) groups is 1. The van der Waals surface area contributed by atoms with Crippen LogP contribution in [0, 0.1) is 5.92 Å². The van der Waals surface area contributed by atoms with Crippen molar-refractivity contribution in [2.24, 2.45) is 5.92 Å². The first-order chi connectivity index (χ1) is 7.11. The van der Waals surface area contributed by atoms with Crippen molar-refractivity contribution in [1.82, 2.24) is 0 Å². The van der Waals surface area contributed by atoms with Crippen molar-refractivity contribution in [2.45, 2.75) is 59.5 Å². The van der Waals surface area contributed by atoms with E-state index < -0.39 is 0 Å². The predicted molar refractivity (Wildman–Crippen MR) is 56.7 cm³/mol. The minimum absolute atomic E-state index is 0.0827. The van der Waals surface area contributed by atoms with Gasteiger partial charge in [-0.15, -0.1) is 0 Å². The smallest absolute Gasteiger partial charge is 0.269 e. The van der Waals surface area contributed by atoms with Crippen LogP contribution in [0.5, 0.6) is 0 Å². The summed E-state index contributed by atoms with van der Waals surface area (Å²) >= 11 is 0. The molecule has 0 aliphatic rings. The molecule has 0 aliphatic heterocycles. The molecule has 1 unspecified atom stereocenters. The third kappa shape index (κ3) is 7.33. The molecule has 4 nitrogen and oxygen atoms in total. The molecular weight excluding hydrogens is 196 g/mol. The quantitative estimate of drug-likeness (QED) is 0.464. The minimum Gasteiger partial charge on any atom is -0.269 e. The molecule has 0 heterocycles. The fourth-order valence-corrected chi connectivity index (χ4v) is 1.14. The third-order valence-electron chi connectivity index (χ3n) is 2.08. The summed E-state index contributed by atoms with van der Waals surface area (Å²) in [5.41, 5.74) is 0. The van der Waals surface area contributed by atoms with Crippen LogP contribution in [-0.2, 0) is 19.6 Å². The fourth-order valence-electron chi connectivity index (χ4n) is 1.14. The van der Waals surface area contributed by atoms with Gasteiger partial charge in [0.2, 0.25) is 0 Å². The van der Waals surface area contributed by atoms with Crippen LogP contribution in [0.4, 0.5) is 0 Å². The van der Waals surface area contributed by atoms with Gasteiger partial charge in [0.05, 0.1) is 12.0 Å². The van der Waals surface area contributed by atoms with Crippen LogP contribution in [-0.4, -0.2) is 12.1 Å². The molecule has 4 heteroatoms. The van der Waals surface area contributed by atoms with Gasteiger partial charge in [0.1, 0.15) is 0 Å². The average Bonchev–Trinajstić information content (AvgIpc) is 2.18. The van der Waals surface area contributed by atoms with Crippen LogP contribution < -0.4 is 0 Å². The van der Waals surface area contributed by atoms with Crippen molar-refractivity contribution in [1.29, 1.82) is 0 Å². The second-order valence-electron chi connectivity index (χ2n) is 3.86. The van der Waals surface area contributed by atoms with Crippen LogP contribution in [0.2, 0.25) is 0 Å². The van der Waals surface area contributed by atoms with E-state index in [9.17, 15) is 4.79 Å². The molecule has 0 amide bonds. The lowest BCUT2D eigenvalue weighted by molar-refractivity contribution is -0.499. The van der Waals surface area contributed by atoms with Gasteiger partial charge in [0, 0.05) is 0 Å². The summed E-state index contributed by atoms with van der Waals surface area (Å²) in [4.78, 5) is 20.6. The van der Waals surface area contributed by atoms with E-state index in [1.54, 1.807) is 13.8 Å². The molecule has 0 aromatic carbocycles. The van der Waals surface area contributed by atoms with Crippen molar-refractivity contribution < 1.29 is 19.6 Å². The van der Waals surface area contributed by atoms with Crippen molar-refractivity contribution in [2.75, 3.05) is 0 Å². The van der Waals surface area contributed by atoms with Gasteiger partial charge in [-0.1, -0.05) is 26.7 Å². The second-order valence-corrected chi connectivity index (χ2v) is 3.86. The molecule has 0 fully saturated rings. The maximum Gasteiger partial charge on any atom is 0.348 e. The van der Waals surface area contributed by atoms with E-state index in [0.717, 1.165) is 25.7 Å². The molecule has 0 spiro atoms. The number of rotatable bonds is 8. The highest BCUT2D eigenvalue weighted by Crippen LogP contribution is 2.14. The molecule has 0 radical (unpaired) electrons. The van der Waals surface area contributed by atoms with E-state index in [0.29, 0.717) is 0 Å². The number of hydrogen-bond acceptors (Lipinski definition) is 4. The van der Waals surface area contributed by atoms with Crippen molar-refractivity contribution >= 4 is 5.97 Å². The van der Waals surface area contributed by atoms with Gasteiger partial charge in [-0.25, -0.2) is 4.79 Å². The van der Waals surface area contributed by atoms with Gasteiger partial charge in [0.25, 0.3) is 0 Å². The maximum absolute atomic E-state index is 11.4. The normalized spacial score (nSPS) is 12.9. The molecule has 0 aromatic rings. The molecule has 0 rings (SSSR count). The van der Waals surface area contributed by atoms with Crippen molar-refractivity contribution in [3.8, 4) is 0 Å². The molecule has 15 heavy (non-hydrogen) atoms. The third-order valence-corrected chi connectivity index (χ3v) is 2.08. The van der Waals surface area contributed by atoms with Gasteiger partial charge in [-0.2, -0.15) is 4.89 Å². The van der Waals surface area contributed by atoms with Crippen LogP contribution in [0.25, 0.3) is 0 Å². The van der Waals surface area contributed by atoms with Crippen molar-refractivity contribution in [3.05, 3.63) is 0 Å². The fraction of sp³-hybridized carbons (Fsp3) is 0.909. The Morgan fingerprint density at radius 1 is 1.27 bits per heavy atom.